The molecule has 0 unspecified atom stereocenters. The summed E-state index contributed by atoms with van der Waals surface area (Å²) in [4.78, 5) is 0. The molecule has 0 aliphatic heterocycles. The molecule has 4 nitrogen and oxygen atoms in total. The molecule has 0 fully saturated rings. The summed E-state index contributed by atoms with van der Waals surface area (Å²) in [6.45, 7) is 7.37. The molecule has 0 radical (unpaired) electrons. The highest BCUT2D eigenvalue weighted by molar-refractivity contribution is 5.81. The first-order valence-electron chi connectivity index (χ1n) is 10.6. The van der Waals surface area contributed by atoms with E-state index in [4.69, 9.17) is 9.84 Å². The van der Waals surface area contributed by atoms with Crippen molar-refractivity contribution < 1.29 is 4.74 Å². The van der Waals surface area contributed by atoms with E-state index >= 15 is 0 Å². The monoisotopic (exact) mass is 399 g/mol. The van der Waals surface area contributed by atoms with Crippen LogP contribution in [0.25, 0.3) is 10.9 Å². The van der Waals surface area contributed by atoms with Crippen LogP contribution in [0.15, 0.2) is 72.8 Å². The number of aryl methyl sites for hydroxylation is 2. The third-order valence-electron chi connectivity index (χ3n) is 5.38. The SMILES string of the molecule is Cc1cccc(C)c1OCCCNCc1c2ccccc2nn1Cc1ccccc1. The maximum atomic E-state index is 6.02. The van der Waals surface area contributed by atoms with Crippen LogP contribution in [0, 0.1) is 13.8 Å². The summed E-state index contributed by atoms with van der Waals surface area (Å²) in [7, 11) is 0. The Bertz CT molecular complexity index is 1080. The molecule has 4 heteroatoms. The third kappa shape index (κ3) is 4.71. The minimum absolute atomic E-state index is 0.711. The number of hydrogen-bond donors (Lipinski definition) is 1. The van der Waals surface area contributed by atoms with Crippen LogP contribution in [0.4, 0.5) is 0 Å². The Morgan fingerprint density at radius 2 is 1.60 bits per heavy atom. The first-order valence-corrected chi connectivity index (χ1v) is 10.6. The van der Waals surface area contributed by atoms with E-state index < -0.39 is 0 Å². The van der Waals surface area contributed by atoms with Gasteiger partial charge in [-0.05, 0) is 49.6 Å². The van der Waals surface area contributed by atoms with Gasteiger partial charge in [0.2, 0.25) is 0 Å². The Morgan fingerprint density at radius 3 is 2.40 bits per heavy atom. The zero-order chi connectivity index (χ0) is 20.8. The van der Waals surface area contributed by atoms with E-state index in [1.54, 1.807) is 0 Å². The van der Waals surface area contributed by atoms with E-state index in [1.807, 2.05) is 12.1 Å². The van der Waals surface area contributed by atoms with Gasteiger partial charge < -0.3 is 10.1 Å². The van der Waals surface area contributed by atoms with E-state index in [9.17, 15) is 0 Å². The van der Waals surface area contributed by atoms with Crippen molar-refractivity contribution in [1.82, 2.24) is 15.1 Å². The fourth-order valence-electron chi connectivity index (χ4n) is 3.81. The first kappa shape index (κ1) is 20.2. The second-order valence-corrected chi connectivity index (χ2v) is 7.71. The molecule has 0 amide bonds. The van der Waals surface area contributed by atoms with Gasteiger partial charge in [0.25, 0.3) is 0 Å². The number of fused-ring (bicyclic) bond motifs is 1. The van der Waals surface area contributed by atoms with Crippen LogP contribution in [0.5, 0.6) is 5.75 Å². The van der Waals surface area contributed by atoms with Crippen molar-refractivity contribution in [3.8, 4) is 5.75 Å². The molecule has 0 saturated heterocycles. The summed E-state index contributed by atoms with van der Waals surface area (Å²) in [5, 5.41) is 9.63. The molecular formula is C26H29N3O. The highest BCUT2D eigenvalue weighted by atomic mass is 16.5. The summed E-state index contributed by atoms with van der Waals surface area (Å²) >= 11 is 0. The minimum atomic E-state index is 0.711. The predicted octanol–water partition coefficient (Wildman–Crippen LogP) is 5.26. The highest BCUT2D eigenvalue weighted by Crippen LogP contribution is 2.22. The first-order chi connectivity index (χ1) is 14.7. The van der Waals surface area contributed by atoms with Crippen molar-refractivity contribution in [3.63, 3.8) is 0 Å². The van der Waals surface area contributed by atoms with E-state index in [-0.39, 0.29) is 0 Å². The Hall–Kier alpha value is -3.11. The summed E-state index contributed by atoms with van der Waals surface area (Å²) < 4.78 is 8.15. The summed E-state index contributed by atoms with van der Waals surface area (Å²) in [5.74, 6) is 1.02. The van der Waals surface area contributed by atoms with Crippen LogP contribution in [0.2, 0.25) is 0 Å². The Balaban J connectivity index is 1.36. The molecule has 0 atom stereocenters. The zero-order valence-electron chi connectivity index (χ0n) is 17.8. The molecule has 0 bridgehead atoms. The number of aromatic nitrogens is 2. The van der Waals surface area contributed by atoms with Crippen molar-refractivity contribution in [2.45, 2.75) is 33.4 Å². The molecule has 154 valence electrons. The lowest BCUT2D eigenvalue weighted by atomic mass is 10.1. The number of nitrogens with one attached hydrogen (secondary N) is 1. The topological polar surface area (TPSA) is 39.1 Å². The molecular weight excluding hydrogens is 370 g/mol. The molecule has 1 aromatic heterocycles. The lowest BCUT2D eigenvalue weighted by molar-refractivity contribution is 0.304. The molecule has 0 aliphatic carbocycles. The van der Waals surface area contributed by atoms with Gasteiger partial charge in [-0.25, -0.2) is 0 Å². The average molecular weight is 400 g/mol. The zero-order valence-corrected chi connectivity index (χ0v) is 17.8. The van der Waals surface area contributed by atoms with Crippen molar-refractivity contribution in [3.05, 3.63) is 95.2 Å². The molecule has 0 spiro atoms. The van der Waals surface area contributed by atoms with Gasteiger partial charge in [0.05, 0.1) is 24.4 Å². The van der Waals surface area contributed by atoms with Crippen LogP contribution in [0.3, 0.4) is 0 Å². The molecule has 1 N–H and O–H groups in total. The minimum Gasteiger partial charge on any atom is -0.493 e. The van der Waals surface area contributed by atoms with Gasteiger partial charge in [0, 0.05) is 11.9 Å². The Morgan fingerprint density at radius 1 is 0.867 bits per heavy atom. The van der Waals surface area contributed by atoms with Crippen LogP contribution in [-0.4, -0.2) is 22.9 Å². The number of para-hydroxylation sites is 1. The van der Waals surface area contributed by atoms with Crippen LogP contribution < -0.4 is 10.1 Å². The van der Waals surface area contributed by atoms with Crippen molar-refractivity contribution >= 4 is 10.9 Å². The van der Waals surface area contributed by atoms with Gasteiger partial charge in [-0.2, -0.15) is 5.10 Å². The smallest absolute Gasteiger partial charge is 0.125 e. The normalized spacial score (nSPS) is 11.1. The largest absolute Gasteiger partial charge is 0.493 e. The summed E-state index contributed by atoms with van der Waals surface area (Å²) in [6, 6.07) is 25.1. The molecule has 3 aromatic carbocycles. The van der Waals surface area contributed by atoms with E-state index in [0.29, 0.717) is 6.61 Å². The van der Waals surface area contributed by atoms with Gasteiger partial charge in [-0.15, -0.1) is 0 Å². The van der Waals surface area contributed by atoms with Gasteiger partial charge in [-0.1, -0.05) is 66.7 Å². The summed E-state index contributed by atoms with van der Waals surface area (Å²) in [5.41, 5.74) is 5.92. The van der Waals surface area contributed by atoms with Crippen LogP contribution in [-0.2, 0) is 13.1 Å². The molecule has 4 rings (SSSR count). The van der Waals surface area contributed by atoms with Gasteiger partial charge in [0.15, 0.2) is 0 Å². The number of nitrogens with zero attached hydrogens (tertiary/aromatic N) is 2. The molecule has 0 aliphatic rings. The average Bonchev–Trinajstić information content (AvgIpc) is 3.10. The second kappa shape index (κ2) is 9.59. The van der Waals surface area contributed by atoms with Crippen molar-refractivity contribution in [1.29, 1.82) is 0 Å². The van der Waals surface area contributed by atoms with E-state index in [1.165, 1.54) is 27.8 Å². The lowest BCUT2D eigenvalue weighted by Gasteiger charge is -2.12. The highest BCUT2D eigenvalue weighted by Gasteiger charge is 2.11. The number of hydrogen-bond acceptors (Lipinski definition) is 3. The molecule has 0 saturated carbocycles. The Labute approximate surface area is 178 Å². The van der Waals surface area contributed by atoms with E-state index in [2.05, 4.69) is 84.5 Å². The second-order valence-electron chi connectivity index (χ2n) is 7.71. The molecule has 1 heterocycles. The maximum absolute atomic E-state index is 6.02. The molecule has 30 heavy (non-hydrogen) atoms. The van der Waals surface area contributed by atoms with Gasteiger partial charge >= 0.3 is 0 Å². The number of ether oxygens (including phenoxy) is 1. The number of rotatable bonds is 9. The Kier molecular flexibility index (Phi) is 6.45. The standard InChI is InChI=1S/C26H29N3O/c1-20-10-8-11-21(2)26(20)30-17-9-16-27-18-25-23-14-6-7-15-24(23)28-29(25)19-22-12-4-3-5-13-22/h3-8,10-15,27H,9,16-19H2,1-2H3. The van der Waals surface area contributed by atoms with Crippen molar-refractivity contribution in [2.75, 3.05) is 13.2 Å². The summed E-state index contributed by atoms with van der Waals surface area (Å²) in [6.07, 6.45) is 0.957. The lowest BCUT2D eigenvalue weighted by Crippen LogP contribution is -2.20. The van der Waals surface area contributed by atoms with Crippen molar-refractivity contribution in [2.24, 2.45) is 0 Å². The quantitative estimate of drug-likeness (QED) is 0.390. The van der Waals surface area contributed by atoms with Crippen LogP contribution in [0.1, 0.15) is 28.8 Å². The maximum Gasteiger partial charge on any atom is 0.125 e. The molecule has 4 aromatic rings. The van der Waals surface area contributed by atoms with Gasteiger partial charge in [0.1, 0.15) is 5.75 Å². The fraction of sp³-hybridized carbons (Fsp3) is 0.269. The van der Waals surface area contributed by atoms with Gasteiger partial charge in [-0.3, -0.25) is 4.68 Å². The third-order valence-corrected chi connectivity index (χ3v) is 5.38. The predicted molar refractivity (Wildman–Crippen MR) is 123 cm³/mol. The van der Waals surface area contributed by atoms with Crippen LogP contribution >= 0.6 is 0 Å². The number of benzene rings is 3. The van der Waals surface area contributed by atoms with E-state index in [0.717, 1.165) is 37.3 Å². The fourth-order valence-corrected chi connectivity index (χ4v) is 3.81.